The molecule has 0 amide bonds. The van der Waals surface area contributed by atoms with E-state index in [1.807, 2.05) is 12.2 Å². The van der Waals surface area contributed by atoms with Crippen molar-refractivity contribution in [3.05, 3.63) is 60.3 Å². The van der Waals surface area contributed by atoms with Gasteiger partial charge in [0.25, 0.3) is 0 Å². The van der Waals surface area contributed by atoms with Crippen molar-refractivity contribution >= 4 is 0 Å². The van der Waals surface area contributed by atoms with Crippen LogP contribution in [0.1, 0.15) is 48.5 Å². The first-order valence-electron chi connectivity index (χ1n) is 7.49. The van der Waals surface area contributed by atoms with Crippen LogP contribution >= 0.6 is 0 Å². The second-order valence-corrected chi connectivity index (χ2v) is 6.77. The summed E-state index contributed by atoms with van der Waals surface area (Å²) < 4.78 is 0. The van der Waals surface area contributed by atoms with Crippen LogP contribution in [0.3, 0.4) is 0 Å². The molecule has 0 heteroatoms. The fraction of sp³-hybridized carbons (Fsp3) is 0.500. The number of rotatable bonds is 6. The van der Waals surface area contributed by atoms with E-state index in [2.05, 4.69) is 79.9 Å². The van der Waals surface area contributed by atoms with Crippen LogP contribution in [0.15, 0.2) is 60.3 Å². The van der Waals surface area contributed by atoms with Crippen LogP contribution in [0.5, 0.6) is 0 Å². The minimum atomic E-state index is 0.131. The molecular weight excluding hydrogens is 240 g/mol. The van der Waals surface area contributed by atoms with Gasteiger partial charge in [-0.2, -0.15) is 0 Å². The van der Waals surface area contributed by atoms with Gasteiger partial charge in [0.15, 0.2) is 0 Å². The maximum absolute atomic E-state index is 4.01. The molecule has 112 valence electrons. The van der Waals surface area contributed by atoms with E-state index in [-0.39, 0.29) is 5.41 Å². The van der Waals surface area contributed by atoms with E-state index >= 15 is 0 Å². The average molecular weight is 272 g/mol. The molecule has 20 heavy (non-hydrogen) atoms. The lowest BCUT2D eigenvalue weighted by molar-refractivity contribution is 0.522. The Balaban J connectivity index is 5.94. The van der Waals surface area contributed by atoms with Gasteiger partial charge in [-0.25, -0.2) is 0 Å². The second-order valence-electron chi connectivity index (χ2n) is 6.77. The van der Waals surface area contributed by atoms with Crippen LogP contribution in [0, 0.1) is 17.3 Å². The molecule has 0 nitrogen and oxygen atoms in total. The van der Waals surface area contributed by atoms with Crippen molar-refractivity contribution in [3.63, 3.8) is 0 Å². The molecule has 0 spiro atoms. The molecular formula is C20H32. The highest BCUT2D eigenvalue weighted by Crippen LogP contribution is 2.31. The molecule has 0 rings (SSSR count). The molecule has 0 aliphatic carbocycles. The lowest BCUT2D eigenvalue weighted by Crippen LogP contribution is -2.10. The van der Waals surface area contributed by atoms with Gasteiger partial charge in [0.1, 0.15) is 0 Å². The molecule has 0 aromatic carbocycles. The fourth-order valence-corrected chi connectivity index (χ4v) is 2.47. The number of allylic oxidation sites excluding steroid dienone is 8. The van der Waals surface area contributed by atoms with E-state index in [9.17, 15) is 0 Å². The minimum absolute atomic E-state index is 0.131. The van der Waals surface area contributed by atoms with Crippen molar-refractivity contribution in [2.45, 2.75) is 48.5 Å². The predicted molar refractivity (Wildman–Crippen MR) is 93.8 cm³/mol. The third kappa shape index (κ3) is 5.77. The van der Waals surface area contributed by atoms with Gasteiger partial charge in [-0.15, -0.1) is 0 Å². The van der Waals surface area contributed by atoms with Crippen LogP contribution in [0.2, 0.25) is 0 Å². The van der Waals surface area contributed by atoms with E-state index < -0.39 is 0 Å². The van der Waals surface area contributed by atoms with E-state index in [0.717, 1.165) is 0 Å². The molecule has 0 aliphatic rings. The van der Waals surface area contributed by atoms with Gasteiger partial charge < -0.3 is 0 Å². The molecule has 0 fully saturated rings. The normalized spacial score (nSPS) is 16.3. The van der Waals surface area contributed by atoms with E-state index in [1.54, 1.807) is 0 Å². The van der Waals surface area contributed by atoms with Crippen molar-refractivity contribution in [1.29, 1.82) is 0 Å². The third-order valence-electron chi connectivity index (χ3n) is 3.37. The van der Waals surface area contributed by atoms with Crippen LogP contribution in [-0.4, -0.2) is 0 Å². The quantitative estimate of drug-likeness (QED) is 0.382. The van der Waals surface area contributed by atoms with Crippen LogP contribution in [0.25, 0.3) is 0 Å². The summed E-state index contributed by atoms with van der Waals surface area (Å²) in [7, 11) is 0. The molecule has 0 aromatic rings. The second kappa shape index (κ2) is 8.09. The Bertz CT molecular complexity index is 419. The zero-order chi connectivity index (χ0) is 15.9. The Morgan fingerprint density at radius 3 is 1.90 bits per heavy atom. The van der Waals surface area contributed by atoms with Crippen LogP contribution in [0.4, 0.5) is 0 Å². The topological polar surface area (TPSA) is 0 Å². The summed E-state index contributed by atoms with van der Waals surface area (Å²) in [6.45, 7) is 23.4. The summed E-state index contributed by atoms with van der Waals surface area (Å²) in [4.78, 5) is 0. The molecule has 0 radical (unpaired) electrons. The SMILES string of the molecule is C=CC(=C(\C)C(/C=C\C)C(C)C)/C(C=C)=C/C(C)(C)C. The van der Waals surface area contributed by atoms with Gasteiger partial charge in [-0.3, -0.25) is 0 Å². The molecule has 1 unspecified atom stereocenters. The first-order chi connectivity index (χ1) is 9.17. The van der Waals surface area contributed by atoms with Crippen molar-refractivity contribution in [3.8, 4) is 0 Å². The number of hydrogen-bond acceptors (Lipinski definition) is 0. The summed E-state index contributed by atoms with van der Waals surface area (Å²) >= 11 is 0. The molecule has 0 N–H and O–H groups in total. The van der Waals surface area contributed by atoms with E-state index in [1.165, 1.54) is 16.7 Å². The summed E-state index contributed by atoms with van der Waals surface area (Å²) in [6.07, 6.45) is 10.6. The van der Waals surface area contributed by atoms with Crippen molar-refractivity contribution < 1.29 is 0 Å². The largest absolute Gasteiger partial charge is 0.0985 e. The van der Waals surface area contributed by atoms with Crippen molar-refractivity contribution in [2.75, 3.05) is 0 Å². The predicted octanol–water partition coefficient (Wildman–Crippen LogP) is 6.50. The Morgan fingerprint density at radius 2 is 1.60 bits per heavy atom. The van der Waals surface area contributed by atoms with E-state index in [4.69, 9.17) is 0 Å². The number of hydrogen-bond donors (Lipinski definition) is 0. The molecule has 1 atom stereocenters. The highest BCUT2D eigenvalue weighted by atomic mass is 14.2. The molecule has 0 bridgehead atoms. The summed E-state index contributed by atoms with van der Waals surface area (Å²) in [6, 6.07) is 0. The van der Waals surface area contributed by atoms with Gasteiger partial charge in [-0.1, -0.05) is 83.7 Å². The van der Waals surface area contributed by atoms with E-state index in [0.29, 0.717) is 11.8 Å². The Labute approximate surface area is 126 Å². The summed E-state index contributed by atoms with van der Waals surface area (Å²) in [5.74, 6) is 1.01. The van der Waals surface area contributed by atoms with Crippen LogP contribution in [-0.2, 0) is 0 Å². The molecule has 0 saturated heterocycles. The van der Waals surface area contributed by atoms with Gasteiger partial charge in [0.05, 0.1) is 0 Å². The third-order valence-corrected chi connectivity index (χ3v) is 3.37. The average Bonchev–Trinajstić information content (AvgIpc) is 2.33. The smallest absolute Gasteiger partial charge is 0.000610 e. The summed E-state index contributed by atoms with van der Waals surface area (Å²) in [5.41, 5.74) is 3.89. The van der Waals surface area contributed by atoms with Gasteiger partial charge in [0, 0.05) is 5.92 Å². The highest BCUT2D eigenvalue weighted by Gasteiger charge is 2.17. The van der Waals surface area contributed by atoms with Crippen LogP contribution < -0.4 is 0 Å². The zero-order valence-corrected chi connectivity index (χ0v) is 14.5. The monoisotopic (exact) mass is 272 g/mol. The maximum atomic E-state index is 4.01. The highest BCUT2D eigenvalue weighted by molar-refractivity contribution is 5.49. The molecule has 0 aliphatic heterocycles. The van der Waals surface area contributed by atoms with Crippen molar-refractivity contribution in [1.82, 2.24) is 0 Å². The molecule has 0 heterocycles. The first kappa shape index (κ1) is 18.7. The van der Waals surface area contributed by atoms with Gasteiger partial charge >= 0.3 is 0 Å². The van der Waals surface area contributed by atoms with Crippen molar-refractivity contribution in [2.24, 2.45) is 17.3 Å². The molecule has 0 aromatic heterocycles. The first-order valence-corrected chi connectivity index (χ1v) is 7.49. The lowest BCUT2D eigenvalue weighted by atomic mass is 9.82. The molecule has 0 saturated carbocycles. The standard InChI is InChI=1S/C20H32/c1-10-13-19(15(4)5)16(6)18(12-3)17(11-2)14-20(7,8)9/h10-15,19H,2-3H2,1,4-9H3/b13-10-,17-14+,18-16-. The van der Waals surface area contributed by atoms with Gasteiger partial charge in [0.2, 0.25) is 0 Å². The minimum Gasteiger partial charge on any atom is -0.0985 e. The Kier molecular flexibility index (Phi) is 7.57. The fourth-order valence-electron chi connectivity index (χ4n) is 2.47. The summed E-state index contributed by atoms with van der Waals surface area (Å²) in [5, 5.41) is 0. The lowest BCUT2D eigenvalue weighted by Gasteiger charge is -2.23. The zero-order valence-electron chi connectivity index (χ0n) is 14.5. The Morgan fingerprint density at radius 1 is 1.05 bits per heavy atom. The van der Waals surface area contributed by atoms with Gasteiger partial charge in [-0.05, 0) is 36.3 Å². The maximum Gasteiger partial charge on any atom is 0.000610 e. The Hall–Kier alpha value is -1.30.